The van der Waals surface area contributed by atoms with Crippen LogP contribution >= 0.6 is 0 Å². The summed E-state index contributed by atoms with van der Waals surface area (Å²) in [6.07, 6.45) is 0. The minimum Gasteiger partial charge on any atom is -0.316 e. The van der Waals surface area contributed by atoms with Crippen LogP contribution in [0.1, 0.15) is 26.3 Å². The van der Waals surface area contributed by atoms with E-state index in [4.69, 9.17) is 0 Å². The van der Waals surface area contributed by atoms with Gasteiger partial charge in [0.05, 0.1) is 4.90 Å². The van der Waals surface area contributed by atoms with Gasteiger partial charge in [0.25, 0.3) is 0 Å². The molecule has 0 fully saturated rings. The van der Waals surface area contributed by atoms with Gasteiger partial charge in [-0.15, -0.1) is 0 Å². The van der Waals surface area contributed by atoms with Crippen LogP contribution < -0.4 is 5.32 Å². The van der Waals surface area contributed by atoms with Crippen molar-refractivity contribution >= 4 is 10.0 Å². The Morgan fingerprint density at radius 1 is 1.21 bits per heavy atom. The summed E-state index contributed by atoms with van der Waals surface area (Å²) in [5, 5.41) is 3.04. The smallest absolute Gasteiger partial charge is 0.243 e. The van der Waals surface area contributed by atoms with E-state index < -0.39 is 10.0 Å². The van der Waals surface area contributed by atoms with Crippen LogP contribution in [0.5, 0.6) is 0 Å². The second-order valence-electron chi connectivity index (χ2n) is 5.02. The standard InChI is InChI=1S/C14H24N2O2S/c1-5-16(11-12(2)3)19(17,18)14-8-6-13(7-9-14)10-15-4/h6-9,12,15H,5,10-11H2,1-4H3. The van der Waals surface area contributed by atoms with Crippen LogP contribution in [0.4, 0.5) is 0 Å². The van der Waals surface area contributed by atoms with Gasteiger partial charge in [0.15, 0.2) is 0 Å². The lowest BCUT2D eigenvalue weighted by Gasteiger charge is -2.22. The van der Waals surface area contributed by atoms with E-state index in [9.17, 15) is 8.42 Å². The fraction of sp³-hybridized carbons (Fsp3) is 0.571. The maximum atomic E-state index is 12.5. The van der Waals surface area contributed by atoms with Crippen molar-refractivity contribution in [2.75, 3.05) is 20.1 Å². The maximum Gasteiger partial charge on any atom is 0.243 e. The third kappa shape index (κ3) is 4.30. The minimum absolute atomic E-state index is 0.318. The van der Waals surface area contributed by atoms with Gasteiger partial charge in [0.1, 0.15) is 0 Å². The van der Waals surface area contributed by atoms with E-state index >= 15 is 0 Å². The van der Waals surface area contributed by atoms with E-state index in [0.717, 1.165) is 12.1 Å². The highest BCUT2D eigenvalue weighted by molar-refractivity contribution is 7.89. The molecule has 1 aromatic rings. The molecule has 4 nitrogen and oxygen atoms in total. The number of sulfonamides is 1. The molecule has 1 aromatic carbocycles. The first-order valence-corrected chi connectivity index (χ1v) is 8.09. The van der Waals surface area contributed by atoms with Gasteiger partial charge < -0.3 is 5.32 Å². The highest BCUT2D eigenvalue weighted by Crippen LogP contribution is 2.17. The summed E-state index contributed by atoms with van der Waals surface area (Å²) >= 11 is 0. The molecule has 0 bridgehead atoms. The van der Waals surface area contributed by atoms with Gasteiger partial charge in [-0.2, -0.15) is 4.31 Å². The van der Waals surface area contributed by atoms with Gasteiger partial charge in [0.2, 0.25) is 10.0 Å². The fourth-order valence-electron chi connectivity index (χ4n) is 1.94. The molecule has 0 unspecified atom stereocenters. The summed E-state index contributed by atoms with van der Waals surface area (Å²) in [4.78, 5) is 0.370. The van der Waals surface area contributed by atoms with Gasteiger partial charge in [-0.3, -0.25) is 0 Å². The second-order valence-corrected chi connectivity index (χ2v) is 6.96. The van der Waals surface area contributed by atoms with Gasteiger partial charge in [-0.25, -0.2) is 8.42 Å². The minimum atomic E-state index is -3.36. The third-order valence-corrected chi connectivity index (χ3v) is 4.82. The second kappa shape index (κ2) is 7.03. The van der Waals surface area contributed by atoms with Crippen LogP contribution in [-0.4, -0.2) is 32.9 Å². The molecule has 0 atom stereocenters. The van der Waals surface area contributed by atoms with Gasteiger partial charge >= 0.3 is 0 Å². The van der Waals surface area contributed by atoms with E-state index in [-0.39, 0.29) is 0 Å². The monoisotopic (exact) mass is 284 g/mol. The zero-order valence-corrected chi connectivity index (χ0v) is 13.0. The first kappa shape index (κ1) is 16.1. The number of hydrogen-bond acceptors (Lipinski definition) is 3. The summed E-state index contributed by atoms with van der Waals surface area (Å²) in [5.74, 6) is 0.318. The molecule has 0 aliphatic carbocycles. The molecule has 0 amide bonds. The van der Waals surface area contributed by atoms with E-state index in [0.29, 0.717) is 23.9 Å². The summed E-state index contributed by atoms with van der Waals surface area (Å²) in [7, 11) is -1.50. The zero-order valence-electron chi connectivity index (χ0n) is 12.2. The van der Waals surface area contributed by atoms with Crippen molar-refractivity contribution in [1.82, 2.24) is 9.62 Å². The molecule has 0 saturated heterocycles. The molecule has 0 aliphatic rings. The molecule has 0 aromatic heterocycles. The summed E-state index contributed by atoms with van der Waals surface area (Å²) in [6, 6.07) is 7.08. The molecule has 5 heteroatoms. The van der Waals surface area contributed by atoms with Gasteiger partial charge in [0, 0.05) is 19.6 Å². The van der Waals surface area contributed by atoms with Crippen molar-refractivity contribution in [3.8, 4) is 0 Å². The molecule has 0 aliphatic heterocycles. The first-order valence-electron chi connectivity index (χ1n) is 6.65. The molecule has 108 valence electrons. The Balaban J connectivity index is 2.98. The van der Waals surface area contributed by atoms with Crippen molar-refractivity contribution in [2.24, 2.45) is 5.92 Å². The predicted molar refractivity (Wildman–Crippen MR) is 78.5 cm³/mol. The van der Waals surface area contributed by atoms with Gasteiger partial charge in [-0.05, 0) is 30.7 Å². The fourth-order valence-corrected chi connectivity index (χ4v) is 3.55. The maximum absolute atomic E-state index is 12.5. The van der Waals surface area contributed by atoms with Crippen molar-refractivity contribution in [1.29, 1.82) is 0 Å². The molecule has 0 radical (unpaired) electrons. The van der Waals surface area contributed by atoms with E-state index in [1.165, 1.54) is 4.31 Å². The molecular formula is C14H24N2O2S. The number of hydrogen-bond donors (Lipinski definition) is 1. The number of benzene rings is 1. The molecule has 19 heavy (non-hydrogen) atoms. The van der Waals surface area contributed by atoms with Crippen LogP contribution in [-0.2, 0) is 16.6 Å². The van der Waals surface area contributed by atoms with Crippen LogP contribution in [0, 0.1) is 5.92 Å². The predicted octanol–water partition coefficient (Wildman–Crippen LogP) is 2.07. The lowest BCUT2D eigenvalue weighted by atomic mass is 10.2. The van der Waals surface area contributed by atoms with Crippen molar-refractivity contribution < 1.29 is 8.42 Å². The van der Waals surface area contributed by atoms with Gasteiger partial charge in [-0.1, -0.05) is 32.9 Å². The summed E-state index contributed by atoms with van der Waals surface area (Å²) in [5.41, 5.74) is 1.08. The lowest BCUT2D eigenvalue weighted by Crippen LogP contribution is -2.34. The van der Waals surface area contributed by atoms with E-state index in [1.807, 2.05) is 40.0 Å². The average Bonchev–Trinajstić information content (AvgIpc) is 2.36. The SMILES string of the molecule is CCN(CC(C)C)S(=O)(=O)c1ccc(CNC)cc1. The Bertz CT molecular complexity index is 481. The van der Waals surface area contributed by atoms with Crippen LogP contribution in [0.2, 0.25) is 0 Å². The molecule has 0 heterocycles. The highest BCUT2D eigenvalue weighted by Gasteiger charge is 2.23. The largest absolute Gasteiger partial charge is 0.316 e. The number of nitrogens with zero attached hydrogens (tertiary/aromatic N) is 1. The lowest BCUT2D eigenvalue weighted by molar-refractivity contribution is 0.381. The third-order valence-electron chi connectivity index (χ3n) is 2.86. The highest BCUT2D eigenvalue weighted by atomic mass is 32.2. The Morgan fingerprint density at radius 3 is 2.21 bits per heavy atom. The Morgan fingerprint density at radius 2 is 1.79 bits per heavy atom. The van der Waals surface area contributed by atoms with Crippen LogP contribution in [0.3, 0.4) is 0 Å². The Labute approximate surface area is 116 Å². The normalized spacial score (nSPS) is 12.3. The molecule has 0 spiro atoms. The first-order chi connectivity index (χ1) is 8.91. The quantitative estimate of drug-likeness (QED) is 0.834. The van der Waals surface area contributed by atoms with E-state index in [1.54, 1.807) is 12.1 Å². The van der Waals surface area contributed by atoms with Crippen molar-refractivity contribution in [3.63, 3.8) is 0 Å². The summed E-state index contributed by atoms with van der Waals surface area (Å²) < 4.78 is 26.5. The number of nitrogens with one attached hydrogen (secondary N) is 1. The van der Waals surface area contributed by atoms with E-state index in [2.05, 4.69) is 5.32 Å². The van der Waals surface area contributed by atoms with Crippen LogP contribution in [0.25, 0.3) is 0 Å². The topological polar surface area (TPSA) is 49.4 Å². The van der Waals surface area contributed by atoms with Crippen LogP contribution in [0.15, 0.2) is 29.2 Å². The molecular weight excluding hydrogens is 260 g/mol. The molecule has 0 saturated carbocycles. The molecule has 1 N–H and O–H groups in total. The number of rotatable bonds is 7. The Hall–Kier alpha value is -0.910. The average molecular weight is 284 g/mol. The van der Waals surface area contributed by atoms with Crippen molar-refractivity contribution in [2.45, 2.75) is 32.2 Å². The summed E-state index contributed by atoms with van der Waals surface area (Å²) in [6.45, 7) is 7.71. The zero-order chi connectivity index (χ0) is 14.5. The molecule has 1 rings (SSSR count). The van der Waals surface area contributed by atoms with Crippen molar-refractivity contribution in [3.05, 3.63) is 29.8 Å². The Kier molecular flexibility index (Phi) is 5.97.